The average Bonchev–Trinajstić information content (AvgIpc) is 2.92. The largest absolute Gasteiger partial charge is 0.264 e. The van der Waals surface area contributed by atoms with E-state index in [1.165, 1.54) is 18.4 Å². The zero-order chi connectivity index (χ0) is 8.97. The maximum Gasteiger partial charge on any atom is 0.0471 e. The van der Waals surface area contributed by atoms with Gasteiger partial charge in [0.15, 0.2) is 0 Å². The SMILES string of the molecule is C#N.Clc1ccncc1C1CC1. The standard InChI is InChI=1S/C8H8ClN.CHN/c9-8-3-4-10-5-7(8)6-1-2-6;1-2/h3-6H,1-2H2;1H. The molecule has 0 aromatic carbocycles. The van der Waals surface area contributed by atoms with Crippen LogP contribution in [0.3, 0.4) is 0 Å². The van der Waals surface area contributed by atoms with Crippen molar-refractivity contribution in [1.29, 1.82) is 5.26 Å². The Labute approximate surface area is 76.8 Å². The molecule has 1 heterocycles. The summed E-state index contributed by atoms with van der Waals surface area (Å²) in [5.41, 5.74) is 1.23. The highest BCUT2D eigenvalue weighted by molar-refractivity contribution is 6.31. The van der Waals surface area contributed by atoms with Crippen molar-refractivity contribution < 1.29 is 0 Å². The topological polar surface area (TPSA) is 36.7 Å². The molecule has 0 amide bonds. The second-order valence-corrected chi connectivity index (χ2v) is 3.08. The molecule has 1 aromatic rings. The Kier molecular flexibility index (Phi) is 3.07. The van der Waals surface area contributed by atoms with E-state index in [0.29, 0.717) is 5.92 Å². The molecule has 1 aliphatic carbocycles. The first-order chi connectivity index (χ1) is 5.88. The van der Waals surface area contributed by atoms with Crippen LogP contribution < -0.4 is 0 Å². The summed E-state index contributed by atoms with van der Waals surface area (Å²) in [6.07, 6.45) is 6.17. The molecular weight excluding hydrogens is 172 g/mol. The van der Waals surface area contributed by atoms with Gasteiger partial charge in [0.05, 0.1) is 0 Å². The molecule has 0 saturated heterocycles. The molecule has 12 heavy (non-hydrogen) atoms. The lowest BCUT2D eigenvalue weighted by Crippen LogP contribution is -1.81. The molecule has 0 atom stereocenters. The molecule has 2 nitrogen and oxygen atoms in total. The van der Waals surface area contributed by atoms with Gasteiger partial charge in [-0.25, -0.2) is 5.26 Å². The normalized spacial score (nSPS) is 14.6. The molecule has 1 aliphatic rings. The van der Waals surface area contributed by atoms with Crippen LogP contribution in [-0.2, 0) is 0 Å². The predicted octanol–water partition coefficient (Wildman–Crippen LogP) is 2.75. The van der Waals surface area contributed by atoms with Crippen LogP contribution in [0.5, 0.6) is 0 Å². The van der Waals surface area contributed by atoms with Gasteiger partial charge >= 0.3 is 0 Å². The Bertz CT molecular complexity index is 279. The number of nitrogens with zero attached hydrogens (tertiary/aromatic N) is 2. The molecule has 1 aromatic heterocycles. The Morgan fingerprint density at radius 1 is 1.50 bits per heavy atom. The van der Waals surface area contributed by atoms with E-state index in [4.69, 9.17) is 16.9 Å². The van der Waals surface area contributed by atoms with E-state index in [-0.39, 0.29) is 0 Å². The molecule has 0 unspecified atom stereocenters. The van der Waals surface area contributed by atoms with Crippen molar-refractivity contribution in [2.45, 2.75) is 18.8 Å². The zero-order valence-corrected chi connectivity index (χ0v) is 7.33. The fourth-order valence-corrected chi connectivity index (χ4v) is 1.34. The van der Waals surface area contributed by atoms with Gasteiger partial charge in [0, 0.05) is 24.0 Å². The monoisotopic (exact) mass is 180 g/mol. The third kappa shape index (κ3) is 1.96. The fraction of sp³-hybridized carbons (Fsp3) is 0.333. The van der Waals surface area contributed by atoms with Crippen molar-refractivity contribution in [3.63, 3.8) is 0 Å². The minimum atomic E-state index is 0.709. The van der Waals surface area contributed by atoms with Crippen molar-refractivity contribution in [1.82, 2.24) is 4.98 Å². The van der Waals surface area contributed by atoms with Gasteiger partial charge in [0.1, 0.15) is 0 Å². The molecule has 0 radical (unpaired) electrons. The van der Waals surface area contributed by atoms with E-state index in [2.05, 4.69) is 11.6 Å². The molecule has 0 aliphatic heterocycles. The molecule has 1 saturated carbocycles. The van der Waals surface area contributed by atoms with E-state index < -0.39 is 0 Å². The number of nitriles is 1. The van der Waals surface area contributed by atoms with Crippen molar-refractivity contribution in [3.05, 3.63) is 29.0 Å². The number of aromatic nitrogens is 1. The second kappa shape index (κ2) is 4.08. The smallest absolute Gasteiger partial charge is 0.0471 e. The summed E-state index contributed by atoms with van der Waals surface area (Å²) in [6.45, 7) is 3.50. The number of rotatable bonds is 1. The Morgan fingerprint density at radius 2 is 2.17 bits per heavy atom. The van der Waals surface area contributed by atoms with Crippen molar-refractivity contribution in [2.75, 3.05) is 0 Å². The predicted molar refractivity (Wildman–Crippen MR) is 47.9 cm³/mol. The molecule has 3 heteroatoms. The van der Waals surface area contributed by atoms with Gasteiger partial charge in [-0.2, -0.15) is 0 Å². The van der Waals surface area contributed by atoms with Gasteiger partial charge in [-0.05, 0) is 30.4 Å². The van der Waals surface area contributed by atoms with Crippen LogP contribution in [0.25, 0.3) is 0 Å². The molecule has 0 bridgehead atoms. The van der Waals surface area contributed by atoms with Gasteiger partial charge in [-0.1, -0.05) is 11.6 Å². The summed E-state index contributed by atoms with van der Waals surface area (Å²) in [7, 11) is 0. The number of hydrogen-bond acceptors (Lipinski definition) is 2. The van der Waals surface area contributed by atoms with E-state index in [0.717, 1.165) is 5.02 Å². The van der Waals surface area contributed by atoms with Gasteiger partial charge in [0.2, 0.25) is 0 Å². The van der Waals surface area contributed by atoms with Crippen LogP contribution in [0.15, 0.2) is 18.5 Å². The summed E-state index contributed by atoms with van der Waals surface area (Å²) in [5.74, 6) is 0.709. The van der Waals surface area contributed by atoms with E-state index in [1.807, 2.05) is 12.3 Å². The first-order valence-corrected chi connectivity index (χ1v) is 4.11. The third-order valence-electron chi connectivity index (χ3n) is 1.81. The Hall–Kier alpha value is -1.07. The molecule has 0 spiro atoms. The van der Waals surface area contributed by atoms with Crippen LogP contribution in [0, 0.1) is 11.8 Å². The maximum absolute atomic E-state index is 6.50. The van der Waals surface area contributed by atoms with Crippen LogP contribution in [0.2, 0.25) is 5.02 Å². The molecule has 62 valence electrons. The molecule has 0 N–H and O–H groups in total. The maximum atomic E-state index is 6.50. The van der Waals surface area contributed by atoms with Crippen LogP contribution >= 0.6 is 11.6 Å². The van der Waals surface area contributed by atoms with Crippen LogP contribution in [0.4, 0.5) is 0 Å². The molecule has 2 rings (SSSR count). The summed E-state index contributed by atoms with van der Waals surface area (Å²) >= 11 is 5.92. The average molecular weight is 181 g/mol. The van der Waals surface area contributed by atoms with Gasteiger partial charge < -0.3 is 0 Å². The summed E-state index contributed by atoms with van der Waals surface area (Å²) in [6, 6.07) is 1.86. The van der Waals surface area contributed by atoms with Crippen LogP contribution in [0.1, 0.15) is 24.3 Å². The lowest BCUT2D eigenvalue weighted by Gasteiger charge is -1.97. The Morgan fingerprint density at radius 3 is 2.67 bits per heavy atom. The zero-order valence-electron chi connectivity index (χ0n) is 6.57. The highest BCUT2D eigenvalue weighted by Gasteiger charge is 2.25. The van der Waals surface area contributed by atoms with E-state index in [1.54, 1.807) is 6.20 Å². The summed E-state index contributed by atoms with van der Waals surface area (Å²) in [4.78, 5) is 4.02. The lowest BCUT2D eigenvalue weighted by atomic mass is 10.2. The first kappa shape index (κ1) is 9.02. The van der Waals surface area contributed by atoms with Crippen molar-refractivity contribution in [3.8, 4) is 6.57 Å². The van der Waals surface area contributed by atoms with Crippen molar-refractivity contribution >= 4 is 11.6 Å². The van der Waals surface area contributed by atoms with Crippen LogP contribution in [-0.4, -0.2) is 4.98 Å². The van der Waals surface area contributed by atoms with Crippen molar-refractivity contribution in [2.24, 2.45) is 0 Å². The molecular formula is C9H9ClN2. The summed E-state index contributed by atoms with van der Waals surface area (Å²) in [5, 5.41) is 7.37. The number of hydrogen-bond donors (Lipinski definition) is 0. The Balaban J connectivity index is 0.000000336. The fourth-order valence-electron chi connectivity index (χ4n) is 1.08. The number of halogens is 1. The molecule has 1 fully saturated rings. The van der Waals surface area contributed by atoms with Gasteiger partial charge in [-0.15, -0.1) is 0 Å². The highest BCUT2D eigenvalue weighted by Crippen LogP contribution is 2.42. The van der Waals surface area contributed by atoms with Gasteiger partial charge in [-0.3, -0.25) is 4.98 Å². The number of pyridine rings is 1. The minimum Gasteiger partial charge on any atom is -0.264 e. The highest BCUT2D eigenvalue weighted by atomic mass is 35.5. The second-order valence-electron chi connectivity index (χ2n) is 2.67. The van der Waals surface area contributed by atoms with E-state index >= 15 is 0 Å². The van der Waals surface area contributed by atoms with E-state index in [9.17, 15) is 0 Å². The summed E-state index contributed by atoms with van der Waals surface area (Å²) < 4.78 is 0. The lowest BCUT2D eigenvalue weighted by molar-refractivity contribution is 1.09. The quantitative estimate of drug-likeness (QED) is 0.667. The minimum absolute atomic E-state index is 0.709. The first-order valence-electron chi connectivity index (χ1n) is 3.73. The van der Waals surface area contributed by atoms with Gasteiger partial charge in [0.25, 0.3) is 0 Å². The third-order valence-corrected chi connectivity index (χ3v) is 2.16.